The standard InChI is InChI=1S/C12H17ClN2O4S/c1-4-9(5-2)14(3)20(18,19)12-8-10(15(16)17)6-7-11(12)13/h6-9H,4-5H2,1-3H3. The van der Waals surface area contributed by atoms with Gasteiger partial charge in [-0.2, -0.15) is 4.31 Å². The number of benzene rings is 1. The van der Waals surface area contributed by atoms with Crippen LogP contribution in [0.4, 0.5) is 5.69 Å². The average Bonchev–Trinajstić information content (AvgIpc) is 2.39. The topological polar surface area (TPSA) is 80.5 Å². The van der Waals surface area contributed by atoms with Crippen molar-refractivity contribution in [2.75, 3.05) is 7.05 Å². The Labute approximate surface area is 123 Å². The van der Waals surface area contributed by atoms with Crippen LogP contribution in [-0.4, -0.2) is 30.7 Å². The Kier molecular flexibility index (Phi) is 5.50. The highest BCUT2D eigenvalue weighted by molar-refractivity contribution is 7.89. The lowest BCUT2D eigenvalue weighted by molar-refractivity contribution is -0.385. The summed E-state index contributed by atoms with van der Waals surface area (Å²) in [4.78, 5) is 9.88. The van der Waals surface area contributed by atoms with Crippen LogP contribution in [0.15, 0.2) is 23.1 Å². The highest BCUT2D eigenvalue weighted by Gasteiger charge is 2.29. The monoisotopic (exact) mass is 320 g/mol. The third kappa shape index (κ3) is 3.28. The van der Waals surface area contributed by atoms with Crippen molar-refractivity contribution >= 4 is 27.3 Å². The van der Waals surface area contributed by atoms with Crippen LogP contribution in [0.3, 0.4) is 0 Å². The van der Waals surface area contributed by atoms with Gasteiger partial charge in [-0.05, 0) is 18.9 Å². The average molecular weight is 321 g/mol. The van der Waals surface area contributed by atoms with Crippen molar-refractivity contribution in [3.8, 4) is 0 Å². The number of nitro benzene ring substituents is 1. The Morgan fingerprint density at radius 3 is 2.35 bits per heavy atom. The van der Waals surface area contributed by atoms with Crippen LogP contribution in [0.2, 0.25) is 5.02 Å². The summed E-state index contributed by atoms with van der Waals surface area (Å²) in [7, 11) is -2.39. The summed E-state index contributed by atoms with van der Waals surface area (Å²) in [6.07, 6.45) is 1.30. The molecule has 1 aromatic rings. The molecule has 0 aromatic heterocycles. The molecule has 6 nitrogen and oxygen atoms in total. The van der Waals surface area contributed by atoms with E-state index in [1.165, 1.54) is 23.5 Å². The molecule has 0 bridgehead atoms. The fourth-order valence-electron chi connectivity index (χ4n) is 1.96. The number of sulfonamides is 1. The summed E-state index contributed by atoms with van der Waals surface area (Å²) in [6, 6.07) is 3.23. The summed E-state index contributed by atoms with van der Waals surface area (Å²) in [5.74, 6) is 0. The van der Waals surface area contributed by atoms with Gasteiger partial charge in [0, 0.05) is 25.2 Å². The first-order chi connectivity index (χ1) is 9.25. The van der Waals surface area contributed by atoms with Crippen LogP contribution >= 0.6 is 11.6 Å². The van der Waals surface area contributed by atoms with Gasteiger partial charge in [0.15, 0.2) is 0 Å². The van der Waals surface area contributed by atoms with Crippen LogP contribution in [0.1, 0.15) is 26.7 Å². The molecule has 0 unspecified atom stereocenters. The molecule has 0 spiro atoms. The molecule has 0 radical (unpaired) electrons. The van der Waals surface area contributed by atoms with Crippen LogP contribution in [0.5, 0.6) is 0 Å². The minimum absolute atomic E-state index is 0.0200. The molecule has 1 rings (SSSR count). The van der Waals surface area contributed by atoms with Gasteiger partial charge in [-0.1, -0.05) is 25.4 Å². The third-order valence-corrected chi connectivity index (χ3v) is 5.63. The summed E-state index contributed by atoms with van der Waals surface area (Å²) in [5, 5.41) is 10.7. The van der Waals surface area contributed by atoms with Crippen molar-refractivity contribution in [2.24, 2.45) is 0 Å². The molecular weight excluding hydrogens is 304 g/mol. The molecule has 0 aliphatic carbocycles. The normalized spacial score (nSPS) is 12.1. The first-order valence-electron chi connectivity index (χ1n) is 6.17. The zero-order chi connectivity index (χ0) is 15.5. The number of hydrogen-bond acceptors (Lipinski definition) is 4. The Morgan fingerprint density at radius 2 is 1.90 bits per heavy atom. The van der Waals surface area contributed by atoms with E-state index in [2.05, 4.69) is 0 Å². The van der Waals surface area contributed by atoms with E-state index < -0.39 is 14.9 Å². The molecule has 1 aromatic carbocycles. The van der Waals surface area contributed by atoms with Crippen LogP contribution in [0, 0.1) is 10.1 Å². The Balaban J connectivity index is 3.34. The van der Waals surface area contributed by atoms with Crippen molar-refractivity contribution in [1.29, 1.82) is 0 Å². The maximum atomic E-state index is 12.5. The van der Waals surface area contributed by atoms with Gasteiger partial charge in [0.05, 0.1) is 9.95 Å². The highest BCUT2D eigenvalue weighted by Crippen LogP contribution is 2.29. The maximum Gasteiger partial charge on any atom is 0.270 e. The largest absolute Gasteiger partial charge is 0.270 e. The number of non-ortho nitro benzene ring substituents is 1. The van der Waals surface area contributed by atoms with Crippen molar-refractivity contribution in [3.05, 3.63) is 33.3 Å². The van der Waals surface area contributed by atoms with E-state index in [1.54, 1.807) is 0 Å². The molecule has 0 heterocycles. The molecule has 20 heavy (non-hydrogen) atoms. The van der Waals surface area contributed by atoms with E-state index in [4.69, 9.17) is 11.6 Å². The number of halogens is 1. The lowest BCUT2D eigenvalue weighted by Gasteiger charge is -2.25. The molecule has 0 N–H and O–H groups in total. The number of nitro groups is 1. The second-order valence-corrected chi connectivity index (χ2v) is 6.74. The minimum Gasteiger partial charge on any atom is -0.258 e. The lowest BCUT2D eigenvalue weighted by atomic mass is 10.2. The summed E-state index contributed by atoms with van der Waals surface area (Å²) in [5.41, 5.74) is -0.300. The van der Waals surface area contributed by atoms with E-state index >= 15 is 0 Å². The molecule has 0 saturated carbocycles. The highest BCUT2D eigenvalue weighted by atomic mass is 35.5. The Morgan fingerprint density at radius 1 is 1.35 bits per heavy atom. The number of rotatable bonds is 6. The molecule has 0 atom stereocenters. The molecule has 0 amide bonds. The van der Waals surface area contributed by atoms with E-state index in [0.717, 1.165) is 6.07 Å². The molecular formula is C12H17ClN2O4S. The lowest BCUT2D eigenvalue weighted by Crippen LogP contribution is -2.36. The maximum absolute atomic E-state index is 12.5. The van der Waals surface area contributed by atoms with Gasteiger partial charge in [0.2, 0.25) is 10.0 Å². The second kappa shape index (κ2) is 6.51. The Bertz CT molecular complexity index is 599. The molecule has 0 aliphatic heterocycles. The minimum atomic E-state index is -3.85. The first kappa shape index (κ1) is 16.9. The molecule has 112 valence electrons. The summed E-state index contributed by atoms with van der Waals surface area (Å²) in [6.45, 7) is 3.77. The predicted octanol–water partition coefficient (Wildman–Crippen LogP) is 3.06. The molecule has 8 heteroatoms. The fourth-order valence-corrected chi connectivity index (χ4v) is 3.95. The van der Waals surface area contributed by atoms with Crippen molar-refractivity contribution < 1.29 is 13.3 Å². The molecule has 0 fully saturated rings. The van der Waals surface area contributed by atoms with E-state index in [-0.39, 0.29) is 21.6 Å². The predicted molar refractivity (Wildman–Crippen MR) is 77.4 cm³/mol. The van der Waals surface area contributed by atoms with Crippen molar-refractivity contribution in [2.45, 2.75) is 37.6 Å². The quantitative estimate of drug-likeness (QED) is 0.596. The van der Waals surface area contributed by atoms with Gasteiger partial charge in [0.1, 0.15) is 4.90 Å². The summed E-state index contributed by atoms with van der Waals surface area (Å²) < 4.78 is 26.2. The van der Waals surface area contributed by atoms with Gasteiger partial charge in [-0.15, -0.1) is 0 Å². The first-order valence-corrected chi connectivity index (χ1v) is 7.99. The van der Waals surface area contributed by atoms with Crippen LogP contribution in [0.25, 0.3) is 0 Å². The van der Waals surface area contributed by atoms with Crippen molar-refractivity contribution in [3.63, 3.8) is 0 Å². The van der Waals surface area contributed by atoms with Gasteiger partial charge in [0.25, 0.3) is 5.69 Å². The summed E-state index contributed by atoms with van der Waals surface area (Å²) >= 11 is 5.89. The van der Waals surface area contributed by atoms with Crippen molar-refractivity contribution in [1.82, 2.24) is 4.31 Å². The third-order valence-electron chi connectivity index (χ3n) is 3.24. The number of hydrogen-bond donors (Lipinski definition) is 0. The molecule has 0 saturated heterocycles. The van der Waals surface area contributed by atoms with E-state index in [1.807, 2.05) is 13.8 Å². The fraction of sp³-hybridized carbons (Fsp3) is 0.500. The zero-order valence-corrected chi connectivity index (χ0v) is 13.1. The SMILES string of the molecule is CCC(CC)N(C)S(=O)(=O)c1cc([N+](=O)[O-])ccc1Cl. The number of nitrogens with zero attached hydrogens (tertiary/aromatic N) is 2. The van der Waals surface area contributed by atoms with Gasteiger partial charge in [-0.25, -0.2) is 8.42 Å². The Hall–Kier alpha value is -1.18. The smallest absolute Gasteiger partial charge is 0.258 e. The van der Waals surface area contributed by atoms with Crippen LogP contribution < -0.4 is 0 Å². The van der Waals surface area contributed by atoms with E-state index in [9.17, 15) is 18.5 Å². The zero-order valence-electron chi connectivity index (χ0n) is 11.5. The van der Waals surface area contributed by atoms with E-state index in [0.29, 0.717) is 12.8 Å². The van der Waals surface area contributed by atoms with Gasteiger partial charge in [-0.3, -0.25) is 10.1 Å². The second-order valence-electron chi connectivity index (χ2n) is 4.36. The molecule has 0 aliphatic rings. The van der Waals surface area contributed by atoms with Crippen LogP contribution in [-0.2, 0) is 10.0 Å². The van der Waals surface area contributed by atoms with Gasteiger partial charge < -0.3 is 0 Å². The van der Waals surface area contributed by atoms with Gasteiger partial charge >= 0.3 is 0 Å².